The van der Waals surface area contributed by atoms with Crippen LogP contribution in [-0.4, -0.2) is 4.98 Å². The molecule has 0 amide bonds. The van der Waals surface area contributed by atoms with Gasteiger partial charge in [-0.3, -0.25) is 0 Å². The first-order valence-electron chi connectivity index (χ1n) is 7.02. The Hall–Kier alpha value is -1.39. The van der Waals surface area contributed by atoms with Crippen molar-refractivity contribution in [3.63, 3.8) is 0 Å². The van der Waals surface area contributed by atoms with E-state index in [0.29, 0.717) is 6.61 Å². The van der Waals surface area contributed by atoms with Crippen molar-refractivity contribution in [2.75, 3.05) is 0 Å². The molecule has 2 N–H and O–H groups in total. The van der Waals surface area contributed by atoms with Gasteiger partial charge >= 0.3 is 0 Å². The molecule has 0 spiro atoms. The number of hydrogen-bond acceptors (Lipinski definition) is 4. The standard InChI is InChI=1S/C16H22N2OS/c1-4-5-16-18-13(10-20-16)9-19-15-7-6-11(2)8-14(15)12(3)17/h6-8,10,12H,4-5,9,17H2,1-3H3. The quantitative estimate of drug-likeness (QED) is 0.874. The summed E-state index contributed by atoms with van der Waals surface area (Å²) in [5, 5.41) is 3.26. The minimum atomic E-state index is -0.0315. The average Bonchev–Trinajstić information content (AvgIpc) is 2.85. The van der Waals surface area contributed by atoms with Gasteiger partial charge in [-0.1, -0.05) is 24.6 Å². The third kappa shape index (κ3) is 3.81. The van der Waals surface area contributed by atoms with E-state index in [9.17, 15) is 0 Å². The van der Waals surface area contributed by atoms with Crippen LogP contribution in [0.2, 0.25) is 0 Å². The number of aryl methyl sites for hydroxylation is 2. The van der Waals surface area contributed by atoms with Gasteiger partial charge in [0.15, 0.2) is 0 Å². The number of rotatable bonds is 6. The number of hydrogen-bond donors (Lipinski definition) is 1. The van der Waals surface area contributed by atoms with Gasteiger partial charge in [-0.2, -0.15) is 0 Å². The van der Waals surface area contributed by atoms with Gasteiger partial charge in [-0.15, -0.1) is 11.3 Å². The molecule has 1 aromatic carbocycles. The van der Waals surface area contributed by atoms with Crippen LogP contribution < -0.4 is 10.5 Å². The minimum Gasteiger partial charge on any atom is -0.487 e. The Balaban J connectivity index is 2.06. The molecule has 20 heavy (non-hydrogen) atoms. The molecular formula is C16H22N2OS. The molecule has 4 heteroatoms. The maximum Gasteiger partial charge on any atom is 0.131 e. The number of aromatic nitrogens is 1. The third-order valence-corrected chi connectivity index (χ3v) is 4.05. The number of benzene rings is 1. The first-order chi connectivity index (χ1) is 9.60. The highest BCUT2D eigenvalue weighted by atomic mass is 32.1. The Labute approximate surface area is 124 Å². The fraction of sp³-hybridized carbons (Fsp3) is 0.438. The zero-order chi connectivity index (χ0) is 14.5. The lowest BCUT2D eigenvalue weighted by Crippen LogP contribution is -2.08. The Bertz CT molecular complexity index is 563. The summed E-state index contributed by atoms with van der Waals surface area (Å²) >= 11 is 1.71. The highest BCUT2D eigenvalue weighted by Crippen LogP contribution is 2.26. The molecule has 108 valence electrons. The second-order valence-electron chi connectivity index (χ2n) is 5.10. The third-order valence-electron chi connectivity index (χ3n) is 3.09. The molecule has 1 heterocycles. The van der Waals surface area contributed by atoms with Gasteiger partial charge in [0.1, 0.15) is 12.4 Å². The molecule has 0 saturated heterocycles. The summed E-state index contributed by atoms with van der Waals surface area (Å²) in [5.74, 6) is 0.857. The van der Waals surface area contributed by atoms with Crippen LogP contribution >= 0.6 is 11.3 Å². The summed E-state index contributed by atoms with van der Waals surface area (Å²) in [6, 6.07) is 6.10. The van der Waals surface area contributed by atoms with E-state index in [1.54, 1.807) is 11.3 Å². The van der Waals surface area contributed by atoms with E-state index in [0.717, 1.165) is 29.8 Å². The van der Waals surface area contributed by atoms with Gasteiger partial charge in [0.2, 0.25) is 0 Å². The van der Waals surface area contributed by atoms with Crippen LogP contribution in [-0.2, 0) is 13.0 Å². The molecule has 2 rings (SSSR count). The lowest BCUT2D eigenvalue weighted by molar-refractivity contribution is 0.297. The number of nitrogens with zero attached hydrogens (tertiary/aromatic N) is 1. The number of thiazole rings is 1. The molecule has 0 radical (unpaired) electrons. The van der Waals surface area contributed by atoms with E-state index in [4.69, 9.17) is 10.5 Å². The molecule has 2 aromatic rings. The second-order valence-corrected chi connectivity index (χ2v) is 6.04. The van der Waals surface area contributed by atoms with E-state index in [2.05, 4.69) is 30.3 Å². The van der Waals surface area contributed by atoms with Crippen molar-refractivity contribution >= 4 is 11.3 Å². The zero-order valence-corrected chi connectivity index (χ0v) is 13.2. The van der Waals surface area contributed by atoms with Crippen molar-refractivity contribution < 1.29 is 4.74 Å². The number of nitrogens with two attached hydrogens (primary N) is 1. The van der Waals surface area contributed by atoms with Crippen LogP contribution in [0.3, 0.4) is 0 Å². The smallest absolute Gasteiger partial charge is 0.131 e. The lowest BCUT2D eigenvalue weighted by Gasteiger charge is -2.14. The van der Waals surface area contributed by atoms with Gasteiger partial charge < -0.3 is 10.5 Å². The largest absolute Gasteiger partial charge is 0.487 e. The predicted molar refractivity (Wildman–Crippen MR) is 84.2 cm³/mol. The zero-order valence-electron chi connectivity index (χ0n) is 12.3. The fourth-order valence-electron chi connectivity index (χ4n) is 2.05. The van der Waals surface area contributed by atoms with Gasteiger partial charge in [-0.25, -0.2) is 4.98 Å². The maximum absolute atomic E-state index is 6.00. The normalized spacial score (nSPS) is 12.4. The van der Waals surface area contributed by atoms with Crippen molar-refractivity contribution in [1.29, 1.82) is 0 Å². The molecule has 0 saturated carbocycles. The molecule has 0 fully saturated rings. The second kappa shape index (κ2) is 6.86. The summed E-state index contributed by atoms with van der Waals surface area (Å²) in [6.45, 7) is 6.71. The van der Waals surface area contributed by atoms with Crippen molar-refractivity contribution in [3.8, 4) is 5.75 Å². The first-order valence-corrected chi connectivity index (χ1v) is 7.90. The molecule has 0 bridgehead atoms. The molecule has 0 aliphatic carbocycles. The predicted octanol–water partition coefficient (Wildman–Crippen LogP) is 4.00. The van der Waals surface area contributed by atoms with E-state index >= 15 is 0 Å². The molecule has 1 atom stereocenters. The molecule has 3 nitrogen and oxygen atoms in total. The van der Waals surface area contributed by atoms with Crippen molar-refractivity contribution in [1.82, 2.24) is 4.98 Å². The topological polar surface area (TPSA) is 48.1 Å². The molecule has 0 aliphatic heterocycles. The fourth-order valence-corrected chi connectivity index (χ4v) is 2.94. The minimum absolute atomic E-state index is 0.0315. The van der Waals surface area contributed by atoms with Crippen LogP contribution in [0.5, 0.6) is 5.75 Å². The highest BCUT2D eigenvalue weighted by Gasteiger charge is 2.09. The first kappa shape index (κ1) is 15.0. The molecular weight excluding hydrogens is 268 g/mol. The number of ether oxygens (including phenoxy) is 1. The summed E-state index contributed by atoms with van der Waals surface area (Å²) in [5.41, 5.74) is 9.25. The van der Waals surface area contributed by atoms with Crippen LogP contribution in [0.1, 0.15) is 48.1 Å². The van der Waals surface area contributed by atoms with Gasteiger partial charge in [-0.05, 0) is 32.8 Å². The van der Waals surface area contributed by atoms with Crippen LogP contribution in [0.15, 0.2) is 23.6 Å². The summed E-state index contributed by atoms with van der Waals surface area (Å²) in [4.78, 5) is 4.57. The van der Waals surface area contributed by atoms with E-state index in [-0.39, 0.29) is 6.04 Å². The Morgan fingerprint density at radius 2 is 2.20 bits per heavy atom. The molecule has 1 aromatic heterocycles. The summed E-state index contributed by atoms with van der Waals surface area (Å²) < 4.78 is 5.90. The van der Waals surface area contributed by atoms with Crippen molar-refractivity contribution in [3.05, 3.63) is 45.4 Å². The van der Waals surface area contributed by atoms with Gasteiger partial charge in [0, 0.05) is 17.0 Å². The highest BCUT2D eigenvalue weighted by molar-refractivity contribution is 7.09. The summed E-state index contributed by atoms with van der Waals surface area (Å²) in [6.07, 6.45) is 2.17. The van der Waals surface area contributed by atoms with Gasteiger partial charge in [0.05, 0.1) is 10.7 Å². The monoisotopic (exact) mass is 290 g/mol. The van der Waals surface area contributed by atoms with E-state index < -0.39 is 0 Å². The van der Waals surface area contributed by atoms with Crippen LogP contribution in [0.4, 0.5) is 0 Å². The summed E-state index contributed by atoms with van der Waals surface area (Å²) in [7, 11) is 0. The van der Waals surface area contributed by atoms with Gasteiger partial charge in [0.25, 0.3) is 0 Å². The van der Waals surface area contributed by atoms with Crippen LogP contribution in [0, 0.1) is 6.92 Å². The van der Waals surface area contributed by atoms with Crippen molar-refractivity contribution in [2.24, 2.45) is 5.73 Å². The van der Waals surface area contributed by atoms with Crippen molar-refractivity contribution in [2.45, 2.75) is 46.3 Å². The Morgan fingerprint density at radius 3 is 2.90 bits per heavy atom. The SMILES string of the molecule is CCCc1nc(COc2ccc(C)cc2C(C)N)cs1. The van der Waals surface area contributed by atoms with E-state index in [1.807, 2.05) is 19.1 Å². The average molecular weight is 290 g/mol. The Kier molecular flexibility index (Phi) is 5.15. The van der Waals surface area contributed by atoms with Crippen LogP contribution in [0.25, 0.3) is 0 Å². The lowest BCUT2D eigenvalue weighted by atomic mass is 10.1. The Morgan fingerprint density at radius 1 is 1.40 bits per heavy atom. The molecule has 1 unspecified atom stereocenters. The maximum atomic E-state index is 6.00. The molecule has 0 aliphatic rings. The van der Waals surface area contributed by atoms with E-state index in [1.165, 1.54) is 10.6 Å².